The van der Waals surface area contributed by atoms with Gasteiger partial charge in [-0.2, -0.15) is 0 Å². The fourth-order valence-corrected chi connectivity index (χ4v) is 2.80. The lowest BCUT2D eigenvalue weighted by atomic mass is 10.0. The van der Waals surface area contributed by atoms with Crippen molar-refractivity contribution in [2.24, 2.45) is 7.05 Å². The normalized spacial score (nSPS) is 16.7. The molecule has 6 nitrogen and oxygen atoms in total. The number of nitrogens with zero attached hydrogens (tertiary/aromatic N) is 3. The van der Waals surface area contributed by atoms with Gasteiger partial charge in [-0.05, 0) is 33.9 Å². The van der Waals surface area contributed by atoms with Crippen molar-refractivity contribution < 1.29 is 4.79 Å². The van der Waals surface area contributed by atoms with Gasteiger partial charge < -0.3 is 19.7 Å². The molecule has 1 amide bonds. The number of piperidine rings is 1. The van der Waals surface area contributed by atoms with Gasteiger partial charge in [-0.1, -0.05) is 0 Å². The fourth-order valence-electron chi connectivity index (χ4n) is 2.80. The van der Waals surface area contributed by atoms with Gasteiger partial charge in [-0.25, -0.2) is 0 Å². The van der Waals surface area contributed by atoms with Gasteiger partial charge in [0.15, 0.2) is 5.43 Å². The Labute approximate surface area is 138 Å². The average Bonchev–Trinajstić information content (AvgIpc) is 2.50. The summed E-state index contributed by atoms with van der Waals surface area (Å²) in [4.78, 5) is 28.9. The van der Waals surface area contributed by atoms with Crippen molar-refractivity contribution in [1.29, 1.82) is 0 Å². The number of nitrogens with one attached hydrogen (secondary N) is 1. The number of likely N-dealkylation sites (N-methyl/N-ethyl adjacent to an activating group) is 1. The van der Waals surface area contributed by atoms with E-state index in [-0.39, 0.29) is 22.9 Å². The van der Waals surface area contributed by atoms with Crippen LogP contribution in [0, 0.1) is 6.92 Å². The van der Waals surface area contributed by atoms with Crippen LogP contribution in [0.5, 0.6) is 0 Å². The molecule has 1 N–H and O–H groups in total. The summed E-state index contributed by atoms with van der Waals surface area (Å²) in [6.45, 7) is 5.95. The predicted molar refractivity (Wildman–Crippen MR) is 91.9 cm³/mol. The maximum atomic E-state index is 12.3. The van der Waals surface area contributed by atoms with E-state index in [4.69, 9.17) is 0 Å². The highest BCUT2D eigenvalue weighted by atomic mass is 16.2. The SMILES string of the molecule is Cc1cc(=O)c(C(=O)NC2CCN(CCN(C)C)CC2)cn1C. The Morgan fingerprint density at radius 1 is 1.35 bits per heavy atom. The number of likely N-dealkylation sites (tertiary alicyclic amines) is 1. The van der Waals surface area contributed by atoms with E-state index in [1.807, 2.05) is 14.0 Å². The number of rotatable bonds is 5. The van der Waals surface area contributed by atoms with Crippen molar-refractivity contribution in [3.05, 3.63) is 33.7 Å². The summed E-state index contributed by atoms with van der Waals surface area (Å²) in [7, 11) is 6.00. The number of hydrogen-bond donors (Lipinski definition) is 1. The zero-order chi connectivity index (χ0) is 17.0. The van der Waals surface area contributed by atoms with E-state index in [0.717, 1.165) is 44.7 Å². The van der Waals surface area contributed by atoms with Crippen LogP contribution >= 0.6 is 0 Å². The number of amides is 1. The molecule has 1 saturated heterocycles. The highest BCUT2D eigenvalue weighted by Gasteiger charge is 2.22. The molecular formula is C17H28N4O2. The molecule has 0 aromatic carbocycles. The topological polar surface area (TPSA) is 57.6 Å². The molecule has 0 saturated carbocycles. The summed E-state index contributed by atoms with van der Waals surface area (Å²) in [5.74, 6) is -0.252. The largest absolute Gasteiger partial charge is 0.354 e. The predicted octanol–water partition coefficient (Wildman–Crippen LogP) is 0.450. The van der Waals surface area contributed by atoms with Crippen molar-refractivity contribution in [2.45, 2.75) is 25.8 Å². The Morgan fingerprint density at radius 2 is 2.00 bits per heavy atom. The molecule has 1 fully saturated rings. The minimum Gasteiger partial charge on any atom is -0.354 e. The molecule has 1 aliphatic rings. The lowest BCUT2D eigenvalue weighted by Crippen LogP contribution is -2.46. The van der Waals surface area contributed by atoms with Gasteiger partial charge in [0.1, 0.15) is 5.56 Å². The highest BCUT2D eigenvalue weighted by Crippen LogP contribution is 2.10. The van der Waals surface area contributed by atoms with E-state index in [1.165, 1.54) is 6.07 Å². The van der Waals surface area contributed by atoms with Crippen LogP contribution in [-0.4, -0.2) is 66.6 Å². The molecule has 128 valence electrons. The van der Waals surface area contributed by atoms with E-state index in [2.05, 4.69) is 29.2 Å². The standard InChI is InChI=1S/C17H28N4O2/c1-13-11-16(22)15(12-20(13)4)17(23)18-14-5-7-21(8-6-14)10-9-19(2)3/h11-12,14H,5-10H2,1-4H3,(H,18,23). The number of aromatic nitrogens is 1. The summed E-state index contributed by atoms with van der Waals surface area (Å²) in [6.07, 6.45) is 3.50. The van der Waals surface area contributed by atoms with Gasteiger partial charge in [-0.15, -0.1) is 0 Å². The quantitative estimate of drug-likeness (QED) is 0.856. The second-order valence-corrected chi connectivity index (χ2v) is 6.70. The minimum atomic E-state index is -0.252. The van der Waals surface area contributed by atoms with Crippen molar-refractivity contribution in [3.8, 4) is 0 Å². The molecule has 0 bridgehead atoms. The van der Waals surface area contributed by atoms with E-state index >= 15 is 0 Å². The van der Waals surface area contributed by atoms with Crippen LogP contribution in [0.2, 0.25) is 0 Å². The molecule has 0 spiro atoms. The maximum absolute atomic E-state index is 12.3. The van der Waals surface area contributed by atoms with Crippen molar-refractivity contribution in [2.75, 3.05) is 40.3 Å². The first-order valence-electron chi connectivity index (χ1n) is 8.22. The third-order valence-electron chi connectivity index (χ3n) is 4.52. The van der Waals surface area contributed by atoms with Gasteiger partial charge in [0.05, 0.1) is 0 Å². The molecule has 6 heteroatoms. The molecule has 2 heterocycles. The molecule has 2 rings (SSSR count). The molecule has 23 heavy (non-hydrogen) atoms. The Bertz CT molecular complexity index is 601. The second kappa shape index (κ2) is 7.75. The molecule has 1 aliphatic heterocycles. The Hall–Kier alpha value is -1.66. The smallest absolute Gasteiger partial charge is 0.256 e. The third-order valence-corrected chi connectivity index (χ3v) is 4.52. The Balaban J connectivity index is 1.88. The number of carbonyl (C=O) groups is 1. The first-order chi connectivity index (χ1) is 10.9. The summed E-state index contributed by atoms with van der Waals surface area (Å²) < 4.78 is 1.81. The van der Waals surface area contributed by atoms with Crippen LogP contribution in [0.25, 0.3) is 0 Å². The molecular weight excluding hydrogens is 292 g/mol. The van der Waals surface area contributed by atoms with Crippen molar-refractivity contribution in [1.82, 2.24) is 19.7 Å². The van der Waals surface area contributed by atoms with Crippen LogP contribution in [-0.2, 0) is 7.05 Å². The van der Waals surface area contributed by atoms with Gasteiger partial charge in [0, 0.05) is 57.2 Å². The zero-order valence-electron chi connectivity index (χ0n) is 14.6. The van der Waals surface area contributed by atoms with Gasteiger partial charge in [0.2, 0.25) is 0 Å². The zero-order valence-corrected chi connectivity index (χ0v) is 14.6. The monoisotopic (exact) mass is 320 g/mol. The van der Waals surface area contributed by atoms with E-state index in [1.54, 1.807) is 10.8 Å². The third kappa shape index (κ3) is 4.91. The number of pyridine rings is 1. The fraction of sp³-hybridized carbons (Fsp3) is 0.647. The first-order valence-corrected chi connectivity index (χ1v) is 8.22. The first kappa shape index (κ1) is 17.7. The maximum Gasteiger partial charge on any atom is 0.256 e. The number of carbonyl (C=O) groups excluding carboxylic acids is 1. The average molecular weight is 320 g/mol. The summed E-state index contributed by atoms with van der Waals surface area (Å²) in [5.41, 5.74) is 0.871. The Morgan fingerprint density at radius 3 is 2.61 bits per heavy atom. The van der Waals surface area contributed by atoms with Crippen molar-refractivity contribution >= 4 is 5.91 Å². The van der Waals surface area contributed by atoms with Gasteiger partial charge >= 0.3 is 0 Å². The van der Waals surface area contributed by atoms with Crippen molar-refractivity contribution in [3.63, 3.8) is 0 Å². The molecule has 0 atom stereocenters. The van der Waals surface area contributed by atoms with Gasteiger partial charge in [-0.3, -0.25) is 9.59 Å². The van der Waals surface area contributed by atoms with Crippen LogP contribution in [0.4, 0.5) is 0 Å². The van der Waals surface area contributed by atoms with Crippen LogP contribution in [0.3, 0.4) is 0 Å². The van der Waals surface area contributed by atoms with Gasteiger partial charge in [0.25, 0.3) is 5.91 Å². The number of aryl methyl sites for hydroxylation is 2. The molecule has 0 unspecified atom stereocenters. The van der Waals surface area contributed by atoms with E-state index < -0.39 is 0 Å². The summed E-state index contributed by atoms with van der Waals surface area (Å²) in [5, 5.41) is 3.02. The van der Waals surface area contributed by atoms with Crippen LogP contribution < -0.4 is 10.7 Å². The second-order valence-electron chi connectivity index (χ2n) is 6.70. The Kier molecular flexibility index (Phi) is 5.96. The molecule has 1 aromatic heterocycles. The van der Waals surface area contributed by atoms with E-state index in [0.29, 0.717) is 0 Å². The molecule has 0 radical (unpaired) electrons. The van der Waals surface area contributed by atoms with E-state index in [9.17, 15) is 9.59 Å². The minimum absolute atomic E-state index is 0.157. The summed E-state index contributed by atoms with van der Waals surface area (Å²) in [6, 6.07) is 1.67. The molecule has 1 aromatic rings. The van der Waals surface area contributed by atoms with Crippen LogP contribution in [0.1, 0.15) is 28.9 Å². The lowest BCUT2D eigenvalue weighted by molar-refractivity contribution is 0.0907. The number of hydrogen-bond acceptors (Lipinski definition) is 4. The lowest BCUT2D eigenvalue weighted by Gasteiger charge is -2.32. The molecule has 0 aliphatic carbocycles. The summed E-state index contributed by atoms with van der Waals surface area (Å²) >= 11 is 0. The highest BCUT2D eigenvalue weighted by molar-refractivity contribution is 5.94. The van der Waals surface area contributed by atoms with Crippen LogP contribution in [0.15, 0.2) is 17.1 Å².